The molecule has 0 saturated heterocycles. The zero-order valence-electron chi connectivity index (χ0n) is 15.7. The number of phenols is 2. The van der Waals surface area contributed by atoms with E-state index in [4.69, 9.17) is 4.74 Å². The Labute approximate surface area is 169 Å². The summed E-state index contributed by atoms with van der Waals surface area (Å²) < 4.78 is 37.9. The van der Waals surface area contributed by atoms with Gasteiger partial charge in [0, 0.05) is 6.42 Å². The summed E-state index contributed by atoms with van der Waals surface area (Å²) in [6, 6.07) is 10.1. The van der Waals surface area contributed by atoms with Crippen molar-refractivity contribution >= 4 is 10.1 Å². The lowest BCUT2D eigenvalue weighted by molar-refractivity contribution is 0.0222. The molecule has 0 saturated carbocycles. The molecule has 9 heteroatoms. The predicted octanol–water partition coefficient (Wildman–Crippen LogP) is 1.95. The highest BCUT2D eigenvalue weighted by Crippen LogP contribution is 2.32. The van der Waals surface area contributed by atoms with Crippen molar-refractivity contribution in [3.63, 3.8) is 0 Å². The first-order valence-electron chi connectivity index (χ1n) is 8.75. The number of aliphatic hydroxyl groups is 2. The fraction of sp³-hybridized carbons (Fsp3) is 0.300. The van der Waals surface area contributed by atoms with Crippen LogP contribution in [0.2, 0.25) is 0 Å². The van der Waals surface area contributed by atoms with Crippen molar-refractivity contribution in [1.29, 1.82) is 0 Å². The minimum atomic E-state index is -4.53. The highest BCUT2D eigenvalue weighted by molar-refractivity contribution is 7.86. The molecule has 0 fully saturated rings. The average Bonchev–Trinajstić information content (AvgIpc) is 2.65. The van der Waals surface area contributed by atoms with E-state index in [1.807, 2.05) is 0 Å². The fourth-order valence-electron chi connectivity index (χ4n) is 2.77. The Morgan fingerprint density at radius 3 is 2.24 bits per heavy atom. The molecule has 29 heavy (non-hydrogen) atoms. The van der Waals surface area contributed by atoms with Gasteiger partial charge < -0.3 is 25.2 Å². The molecule has 2 rings (SSSR count). The van der Waals surface area contributed by atoms with Crippen LogP contribution in [0.1, 0.15) is 22.8 Å². The Balaban J connectivity index is 2.07. The van der Waals surface area contributed by atoms with Crippen LogP contribution in [0.3, 0.4) is 0 Å². The molecule has 158 valence electrons. The van der Waals surface area contributed by atoms with Gasteiger partial charge in [-0.2, -0.15) is 8.42 Å². The van der Waals surface area contributed by atoms with Gasteiger partial charge in [-0.05, 0) is 41.8 Å². The molecular formula is C20H24O8S. The third-order valence-electron chi connectivity index (χ3n) is 4.37. The smallest absolute Gasteiger partial charge is 0.275 e. The third-order valence-corrected chi connectivity index (χ3v) is 5.44. The van der Waals surface area contributed by atoms with Gasteiger partial charge in [-0.1, -0.05) is 30.4 Å². The van der Waals surface area contributed by atoms with E-state index in [0.717, 1.165) is 6.07 Å². The number of hydrogen-bond acceptors (Lipinski definition) is 7. The van der Waals surface area contributed by atoms with Crippen molar-refractivity contribution in [2.75, 3.05) is 7.11 Å². The van der Waals surface area contributed by atoms with E-state index in [1.165, 1.54) is 43.5 Å². The second-order valence-electron chi connectivity index (χ2n) is 6.54. The molecule has 0 heterocycles. The standard InChI is InChI=1S/C20H24O8S/c1-28-19-10-7-14(12-18(19)24)20(29(25,26)27)4-2-3-16(22)17(23)11-13-5-8-15(21)9-6-13/h2,4-10,12,16-17,20-24H,3,11H2,1H3,(H,25,26,27)/b4-2+/t16-,17-,20+/m1/s1. The molecule has 0 aromatic heterocycles. The summed E-state index contributed by atoms with van der Waals surface area (Å²) in [7, 11) is -3.18. The highest BCUT2D eigenvalue weighted by Gasteiger charge is 2.24. The number of benzene rings is 2. The van der Waals surface area contributed by atoms with Crippen LogP contribution in [0.5, 0.6) is 17.2 Å². The Hall–Kier alpha value is -2.59. The summed E-state index contributed by atoms with van der Waals surface area (Å²) in [5.41, 5.74) is 0.823. The fourth-order valence-corrected chi connectivity index (χ4v) is 3.57. The number of rotatable bonds is 9. The van der Waals surface area contributed by atoms with Gasteiger partial charge in [-0.3, -0.25) is 4.55 Å². The van der Waals surface area contributed by atoms with Gasteiger partial charge in [0.15, 0.2) is 11.5 Å². The summed E-state index contributed by atoms with van der Waals surface area (Å²) in [6.07, 6.45) is 0.304. The highest BCUT2D eigenvalue weighted by atomic mass is 32.2. The van der Waals surface area contributed by atoms with E-state index in [-0.39, 0.29) is 35.7 Å². The molecule has 2 aromatic rings. The van der Waals surface area contributed by atoms with Gasteiger partial charge >= 0.3 is 0 Å². The SMILES string of the molecule is COc1ccc([C@H](/C=C/C[C@@H](O)[C@H](O)Cc2ccc(O)cc2)S(=O)(=O)O)cc1O. The van der Waals surface area contributed by atoms with Gasteiger partial charge in [0.2, 0.25) is 0 Å². The number of hydrogen-bond donors (Lipinski definition) is 5. The minimum absolute atomic E-state index is 0.0621. The number of methoxy groups -OCH3 is 1. The van der Waals surface area contributed by atoms with Gasteiger partial charge in [0.25, 0.3) is 10.1 Å². The maximum absolute atomic E-state index is 11.7. The Morgan fingerprint density at radius 2 is 1.69 bits per heavy atom. The molecule has 0 unspecified atom stereocenters. The number of aromatic hydroxyl groups is 2. The molecule has 0 radical (unpaired) electrons. The van der Waals surface area contributed by atoms with Gasteiger partial charge in [-0.15, -0.1) is 0 Å². The lowest BCUT2D eigenvalue weighted by Crippen LogP contribution is -2.27. The first-order chi connectivity index (χ1) is 13.6. The first kappa shape index (κ1) is 22.7. The molecule has 8 nitrogen and oxygen atoms in total. The largest absolute Gasteiger partial charge is 0.508 e. The molecule has 0 aliphatic heterocycles. The van der Waals surface area contributed by atoms with Crippen LogP contribution in [-0.4, -0.2) is 52.7 Å². The quantitative estimate of drug-likeness (QED) is 0.303. The van der Waals surface area contributed by atoms with Crippen molar-refractivity contribution < 1.29 is 38.1 Å². The van der Waals surface area contributed by atoms with Crippen molar-refractivity contribution in [3.8, 4) is 17.2 Å². The second-order valence-corrected chi connectivity index (χ2v) is 8.07. The monoisotopic (exact) mass is 424 g/mol. The van der Waals surface area contributed by atoms with Crippen molar-refractivity contribution in [3.05, 3.63) is 65.7 Å². The van der Waals surface area contributed by atoms with E-state index in [0.29, 0.717) is 5.56 Å². The zero-order chi connectivity index (χ0) is 21.6. The van der Waals surface area contributed by atoms with Crippen molar-refractivity contribution in [2.24, 2.45) is 0 Å². The van der Waals surface area contributed by atoms with Crippen LogP contribution in [0.15, 0.2) is 54.6 Å². The maximum atomic E-state index is 11.7. The topological polar surface area (TPSA) is 145 Å². The normalized spacial score (nSPS) is 15.2. The molecule has 3 atom stereocenters. The summed E-state index contributed by atoms with van der Waals surface area (Å²) >= 11 is 0. The number of aliphatic hydroxyl groups excluding tert-OH is 2. The molecule has 0 bridgehead atoms. The van der Waals surface area contributed by atoms with Gasteiger partial charge in [0.1, 0.15) is 11.0 Å². The van der Waals surface area contributed by atoms with E-state index >= 15 is 0 Å². The predicted molar refractivity (Wildman–Crippen MR) is 107 cm³/mol. The van der Waals surface area contributed by atoms with E-state index < -0.39 is 27.6 Å². The number of phenolic OH excluding ortho intramolecular Hbond substituents is 2. The minimum Gasteiger partial charge on any atom is -0.508 e. The lowest BCUT2D eigenvalue weighted by Gasteiger charge is -2.17. The second kappa shape index (κ2) is 9.75. The molecule has 0 aliphatic rings. The Morgan fingerprint density at radius 1 is 1.03 bits per heavy atom. The summed E-state index contributed by atoms with van der Waals surface area (Å²) in [4.78, 5) is 0. The first-order valence-corrected chi connectivity index (χ1v) is 10.3. The molecule has 0 aliphatic carbocycles. The van der Waals surface area contributed by atoms with Gasteiger partial charge in [0.05, 0.1) is 19.3 Å². The van der Waals surface area contributed by atoms with Crippen LogP contribution in [0, 0.1) is 0 Å². The zero-order valence-corrected chi connectivity index (χ0v) is 16.5. The van der Waals surface area contributed by atoms with Crippen LogP contribution >= 0.6 is 0 Å². The van der Waals surface area contributed by atoms with Crippen LogP contribution in [0.4, 0.5) is 0 Å². The molecule has 0 spiro atoms. The van der Waals surface area contributed by atoms with Crippen molar-refractivity contribution in [2.45, 2.75) is 30.3 Å². The summed E-state index contributed by atoms with van der Waals surface area (Å²) in [5.74, 6) is -0.0384. The summed E-state index contributed by atoms with van der Waals surface area (Å²) in [5, 5.41) is 37.9. The van der Waals surface area contributed by atoms with Crippen LogP contribution in [-0.2, 0) is 16.5 Å². The van der Waals surface area contributed by atoms with Gasteiger partial charge in [-0.25, -0.2) is 0 Å². The molecular weight excluding hydrogens is 400 g/mol. The van der Waals surface area contributed by atoms with E-state index in [9.17, 15) is 33.4 Å². The third kappa shape index (κ3) is 6.47. The average molecular weight is 424 g/mol. The Kier molecular flexibility index (Phi) is 7.63. The van der Waals surface area contributed by atoms with E-state index in [2.05, 4.69) is 0 Å². The lowest BCUT2D eigenvalue weighted by atomic mass is 10.0. The van der Waals surface area contributed by atoms with Crippen LogP contribution < -0.4 is 4.74 Å². The van der Waals surface area contributed by atoms with Crippen molar-refractivity contribution in [1.82, 2.24) is 0 Å². The maximum Gasteiger partial charge on any atom is 0.275 e. The van der Waals surface area contributed by atoms with E-state index in [1.54, 1.807) is 12.1 Å². The molecule has 0 amide bonds. The van der Waals surface area contributed by atoms with Crippen LogP contribution in [0.25, 0.3) is 0 Å². The summed E-state index contributed by atoms with van der Waals surface area (Å²) in [6.45, 7) is 0. The molecule has 5 N–H and O–H groups in total. The Bertz CT molecular complexity index is 937. The molecule has 2 aromatic carbocycles. The number of ether oxygens (including phenoxy) is 1.